The number of hydrogen-bond donors (Lipinski definition) is 2. The third-order valence-corrected chi connectivity index (χ3v) is 4.35. The zero-order chi connectivity index (χ0) is 14.7. The number of carbonyl (C=O) groups is 1. The van der Waals surface area contributed by atoms with Crippen molar-refractivity contribution >= 4 is 5.91 Å². The summed E-state index contributed by atoms with van der Waals surface area (Å²) in [6.45, 7) is 3.45. The van der Waals surface area contributed by atoms with Crippen LogP contribution in [0.15, 0.2) is 12.3 Å². The van der Waals surface area contributed by atoms with Gasteiger partial charge in [-0.15, -0.1) is 0 Å². The monoisotopic (exact) mass is 291 g/mol. The van der Waals surface area contributed by atoms with Crippen LogP contribution >= 0.6 is 0 Å². The van der Waals surface area contributed by atoms with Gasteiger partial charge in [-0.25, -0.2) is 5.48 Å². The van der Waals surface area contributed by atoms with Gasteiger partial charge in [0.25, 0.3) is 5.91 Å². The van der Waals surface area contributed by atoms with Crippen LogP contribution < -0.4 is 5.48 Å². The number of pyridine rings is 1. The Labute approximate surface area is 124 Å². The van der Waals surface area contributed by atoms with Gasteiger partial charge in [-0.1, -0.05) is 0 Å². The van der Waals surface area contributed by atoms with Crippen molar-refractivity contribution < 1.29 is 14.7 Å². The molecule has 1 aromatic rings. The van der Waals surface area contributed by atoms with Crippen molar-refractivity contribution in [1.29, 1.82) is 0 Å². The molecular weight excluding hydrogens is 270 g/mol. The van der Waals surface area contributed by atoms with E-state index in [1.54, 1.807) is 5.48 Å². The molecule has 2 N–H and O–H groups in total. The first-order chi connectivity index (χ1) is 10.3. The van der Waals surface area contributed by atoms with Crippen molar-refractivity contribution in [3.63, 3.8) is 0 Å². The third-order valence-electron chi connectivity index (χ3n) is 4.35. The van der Waals surface area contributed by atoms with Crippen molar-refractivity contribution in [2.45, 2.75) is 38.3 Å². The van der Waals surface area contributed by atoms with E-state index in [4.69, 9.17) is 9.94 Å². The van der Waals surface area contributed by atoms with Gasteiger partial charge in [-0.2, -0.15) is 0 Å². The molecule has 0 radical (unpaired) electrons. The Morgan fingerprint density at radius 1 is 1.48 bits per heavy atom. The predicted octanol–water partition coefficient (Wildman–Crippen LogP) is 1.13. The minimum atomic E-state index is -0.509. The molecule has 0 saturated carbocycles. The summed E-state index contributed by atoms with van der Waals surface area (Å²) >= 11 is 0. The summed E-state index contributed by atoms with van der Waals surface area (Å²) in [5.74, 6) is -0.509. The molecule has 114 valence electrons. The lowest BCUT2D eigenvalue weighted by molar-refractivity contribution is 0.0653. The fourth-order valence-electron chi connectivity index (χ4n) is 3.11. The number of ether oxygens (including phenoxy) is 1. The van der Waals surface area contributed by atoms with Crippen LogP contribution in [0.4, 0.5) is 0 Å². The Hall–Kier alpha value is -1.50. The number of nitrogens with zero attached hydrogens (tertiary/aromatic N) is 2. The average Bonchev–Trinajstić information content (AvgIpc) is 2.82. The number of amides is 1. The summed E-state index contributed by atoms with van der Waals surface area (Å²) in [6, 6.07) is 2.30. The first-order valence-corrected chi connectivity index (χ1v) is 7.52. The molecule has 3 heterocycles. The minimum Gasteiger partial charge on any atom is -0.380 e. The first-order valence-electron chi connectivity index (χ1n) is 7.52. The second kappa shape index (κ2) is 6.51. The number of aromatic nitrogens is 1. The van der Waals surface area contributed by atoms with Gasteiger partial charge in [-0.05, 0) is 37.3 Å². The SMILES string of the molecule is O=C(NO)c1cnc2c(c1)CCN(C1CCCCOC1)C2. The Kier molecular flexibility index (Phi) is 4.48. The van der Waals surface area contributed by atoms with Gasteiger partial charge in [-0.3, -0.25) is 19.9 Å². The molecule has 0 aromatic carbocycles. The molecule has 2 aliphatic rings. The molecule has 0 spiro atoms. The lowest BCUT2D eigenvalue weighted by Crippen LogP contribution is -2.41. The molecule has 2 aliphatic heterocycles. The Morgan fingerprint density at radius 2 is 2.38 bits per heavy atom. The second-order valence-electron chi connectivity index (χ2n) is 5.72. The fraction of sp³-hybridized carbons (Fsp3) is 0.600. The zero-order valence-electron chi connectivity index (χ0n) is 12.0. The van der Waals surface area contributed by atoms with E-state index in [0.29, 0.717) is 11.6 Å². The van der Waals surface area contributed by atoms with Crippen LogP contribution in [0.3, 0.4) is 0 Å². The lowest BCUT2D eigenvalue weighted by Gasteiger charge is -2.34. The largest absolute Gasteiger partial charge is 0.380 e. The summed E-state index contributed by atoms with van der Waals surface area (Å²) in [5, 5.41) is 8.68. The Bertz CT molecular complexity index is 513. The van der Waals surface area contributed by atoms with E-state index in [1.165, 1.54) is 19.0 Å². The number of rotatable bonds is 2. The highest BCUT2D eigenvalue weighted by Gasteiger charge is 2.26. The van der Waals surface area contributed by atoms with Crippen LogP contribution in [0.1, 0.15) is 40.9 Å². The summed E-state index contributed by atoms with van der Waals surface area (Å²) in [4.78, 5) is 18.3. The van der Waals surface area contributed by atoms with Gasteiger partial charge >= 0.3 is 0 Å². The highest BCUT2D eigenvalue weighted by Crippen LogP contribution is 2.23. The highest BCUT2D eigenvalue weighted by atomic mass is 16.5. The van der Waals surface area contributed by atoms with Crippen LogP contribution in [-0.2, 0) is 17.7 Å². The molecule has 1 atom stereocenters. The van der Waals surface area contributed by atoms with E-state index in [9.17, 15) is 4.79 Å². The number of carbonyl (C=O) groups excluding carboxylic acids is 1. The Balaban J connectivity index is 1.72. The number of hydrogen-bond acceptors (Lipinski definition) is 5. The van der Waals surface area contributed by atoms with Crippen LogP contribution in [-0.4, -0.2) is 46.8 Å². The number of fused-ring (bicyclic) bond motifs is 1. The van der Waals surface area contributed by atoms with E-state index in [-0.39, 0.29) is 0 Å². The number of nitrogens with one attached hydrogen (secondary N) is 1. The highest BCUT2D eigenvalue weighted by molar-refractivity contribution is 5.93. The molecule has 1 aromatic heterocycles. The fourth-order valence-corrected chi connectivity index (χ4v) is 3.11. The molecule has 3 rings (SSSR count). The number of hydroxylamine groups is 1. The molecule has 6 nitrogen and oxygen atoms in total. The summed E-state index contributed by atoms with van der Waals surface area (Å²) in [5.41, 5.74) is 4.18. The molecule has 6 heteroatoms. The van der Waals surface area contributed by atoms with Crippen molar-refractivity contribution in [1.82, 2.24) is 15.4 Å². The van der Waals surface area contributed by atoms with Crippen molar-refractivity contribution in [3.05, 3.63) is 29.1 Å². The summed E-state index contributed by atoms with van der Waals surface area (Å²) in [6.07, 6.45) is 5.96. The molecule has 1 amide bonds. The topological polar surface area (TPSA) is 74.7 Å². The van der Waals surface area contributed by atoms with E-state index in [2.05, 4.69) is 9.88 Å². The molecule has 0 aliphatic carbocycles. The average molecular weight is 291 g/mol. The quantitative estimate of drug-likeness (QED) is 0.631. The molecule has 1 unspecified atom stereocenters. The van der Waals surface area contributed by atoms with Gasteiger partial charge < -0.3 is 4.74 Å². The summed E-state index contributed by atoms with van der Waals surface area (Å²) < 4.78 is 5.67. The lowest BCUT2D eigenvalue weighted by atomic mass is 10.00. The van der Waals surface area contributed by atoms with E-state index >= 15 is 0 Å². The van der Waals surface area contributed by atoms with Gasteiger partial charge in [0.15, 0.2) is 0 Å². The molecule has 1 fully saturated rings. The van der Waals surface area contributed by atoms with Gasteiger partial charge in [0.1, 0.15) is 0 Å². The van der Waals surface area contributed by atoms with Gasteiger partial charge in [0.2, 0.25) is 0 Å². The smallest absolute Gasteiger partial charge is 0.276 e. The van der Waals surface area contributed by atoms with E-state index < -0.39 is 5.91 Å². The molecular formula is C15H21N3O3. The maximum Gasteiger partial charge on any atom is 0.276 e. The third kappa shape index (κ3) is 3.23. The summed E-state index contributed by atoms with van der Waals surface area (Å²) in [7, 11) is 0. The van der Waals surface area contributed by atoms with E-state index in [0.717, 1.165) is 50.4 Å². The Morgan fingerprint density at radius 3 is 3.24 bits per heavy atom. The van der Waals surface area contributed by atoms with Crippen molar-refractivity contribution in [2.24, 2.45) is 0 Å². The maximum atomic E-state index is 11.4. The first kappa shape index (κ1) is 14.4. The van der Waals surface area contributed by atoms with Crippen molar-refractivity contribution in [3.8, 4) is 0 Å². The van der Waals surface area contributed by atoms with E-state index in [1.807, 2.05) is 6.07 Å². The van der Waals surface area contributed by atoms with Gasteiger partial charge in [0.05, 0.1) is 17.9 Å². The standard InChI is InChI=1S/C15H21N3O3/c19-15(17-20)12-7-11-4-5-18(9-14(11)16-8-12)13-3-1-2-6-21-10-13/h7-8,13,20H,1-6,9-10H2,(H,17,19). The van der Waals surface area contributed by atoms with Crippen molar-refractivity contribution in [2.75, 3.05) is 19.8 Å². The van der Waals surface area contributed by atoms with Crippen LogP contribution in [0, 0.1) is 0 Å². The van der Waals surface area contributed by atoms with Crippen LogP contribution in [0.5, 0.6) is 0 Å². The second-order valence-corrected chi connectivity index (χ2v) is 5.72. The van der Waals surface area contributed by atoms with Crippen LogP contribution in [0.25, 0.3) is 0 Å². The predicted molar refractivity (Wildman–Crippen MR) is 76.1 cm³/mol. The van der Waals surface area contributed by atoms with Gasteiger partial charge in [0, 0.05) is 31.9 Å². The maximum absolute atomic E-state index is 11.4. The van der Waals surface area contributed by atoms with Crippen LogP contribution in [0.2, 0.25) is 0 Å². The normalized spacial score (nSPS) is 23.2. The molecule has 21 heavy (non-hydrogen) atoms. The minimum absolute atomic E-state index is 0.405. The zero-order valence-corrected chi connectivity index (χ0v) is 12.0. The molecule has 0 bridgehead atoms. The molecule has 1 saturated heterocycles.